The van der Waals surface area contributed by atoms with Gasteiger partial charge < -0.3 is 52.5 Å². The minimum Gasteiger partial charge on any atom is -0.385 e. The van der Waals surface area contributed by atoms with Crippen LogP contribution in [-0.4, -0.2) is 86.8 Å². The molecule has 5 aromatic carbocycles. The molecule has 0 aliphatic carbocycles. The van der Waals surface area contributed by atoms with E-state index in [9.17, 15) is 5.11 Å². The molecule has 11 nitrogen and oxygen atoms in total. The molecule has 1 N–H and O–H groups in total. The average Bonchev–Trinajstić information content (AvgIpc) is 3.29. The zero-order valence-corrected chi connectivity index (χ0v) is 33.1. The minimum absolute atomic E-state index is 0.147. The molecule has 310 valence electrons. The van der Waals surface area contributed by atoms with Crippen molar-refractivity contribution in [1.82, 2.24) is 0 Å². The summed E-state index contributed by atoms with van der Waals surface area (Å²) in [5.74, 6) is 0. The van der Waals surface area contributed by atoms with Crippen molar-refractivity contribution in [3.8, 4) is 0 Å². The molecule has 8 rings (SSSR count). The van der Waals surface area contributed by atoms with E-state index in [1.165, 1.54) is 7.11 Å². The maximum absolute atomic E-state index is 11.9. The van der Waals surface area contributed by atoms with Gasteiger partial charge in [0.1, 0.15) is 48.8 Å². The van der Waals surface area contributed by atoms with E-state index in [4.69, 9.17) is 47.4 Å². The van der Waals surface area contributed by atoms with E-state index in [0.29, 0.717) is 13.2 Å². The van der Waals surface area contributed by atoms with Gasteiger partial charge in [-0.05, 0) is 22.3 Å². The van der Waals surface area contributed by atoms with Gasteiger partial charge in [-0.2, -0.15) is 0 Å². The Morgan fingerprint density at radius 3 is 1.56 bits per heavy atom. The van der Waals surface area contributed by atoms with Crippen molar-refractivity contribution in [3.05, 3.63) is 179 Å². The highest BCUT2D eigenvalue weighted by Crippen LogP contribution is 2.39. The molecule has 0 aromatic heterocycles. The van der Waals surface area contributed by atoms with Crippen molar-refractivity contribution >= 4 is 0 Å². The number of hydrogen-bond donors (Lipinski definition) is 1. The summed E-state index contributed by atoms with van der Waals surface area (Å²) < 4.78 is 65.4. The number of ether oxygens (including phenoxy) is 10. The molecule has 0 spiro atoms. The van der Waals surface area contributed by atoms with Crippen LogP contribution in [0.1, 0.15) is 34.1 Å². The lowest BCUT2D eigenvalue weighted by molar-refractivity contribution is -0.396. The fourth-order valence-electron chi connectivity index (χ4n) is 7.70. The zero-order valence-electron chi connectivity index (χ0n) is 33.1. The first-order valence-corrected chi connectivity index (χ1v) is 20.2. The first kappa shape index (κ1) is 41.4. The topological polar surface area (TPSA) is 113 Å². The van der Waals surface area contributed by atoms with E-state index in [1.807, 2.05) is 152 Å². The summed E-state index contributed by atoms with van der Waals surface area (Å²) in [7, 11) is 1.48. The molecule has 3 saturated heterocycles. The molecule has 11 atom stereocenters. The smallest absolute Gasteiger partial charge is 0.187 e. The van der Waals surface area contributed by atoms with Crippen LogP contribution in [0.15, 0.2) is 152 Å². The largest absolute Gasteiger partial charge is 0.385 e. The minimum atomic E-state index is -1.27. The number of methoxy groups -OCH3 is 1. The highest BCUT2D eigenvalue weighted by Gasteiger charge is 2.55. The quantitative estimate of drug-likeness (QED) is 0.106. The van der Waals surface area contributed by atoms with Crippen LogP contribution < -0.4 is 0 Å². The summed E-state index contributed by atoms with van der Waals surface area (Å²) in [4.78, 5) is 0. The summed E-state index contributed by atoms with van der Waals surface area (Å²) in [5.41, 5.74) is 4.77. The molecule has 0 bridgehead atoms. The van der Waals surface area contributed by atoms with Crippen molar-refractivity contribution < 1.29 is 52.5 Å². The number of aliphatic hydroxyl groups is 1. The Bertz CT molecular complexity index is 1940. The zero-order chi connectivity index (χ0) is 40.2. The molecule has 3 heterocycles. The third kappa shape index (κ3) is 10.7. The van der Waals surface area contributed by atoms with Crippen LogP contribution in [0, 0.1) is 0 Å². The lowest BCUT2D eigenvalue weighted by Crippen LogP contribution is -2.67. The highest BCUT2D eigenvalue weighted by molar-refractivity contribution is 5.18. The SMILES string of the molecule is CO[C@@H]1O[C@@H]2COC(c3ccccc3)O[C@H]2[C@H](O[C@H]2O[C@H](COCc3ccccc3)[C@@H](OCc3ccccc3)[C@H](OCc3ccccc3)[C@@H]2OCc2ccccc2)[C@H]1O. The summed E-state index contributed by atoms with van der Waals surface area (Å²) in [6.45, 7) is 1.47. The third-order valence-electron chi connectivity index (χ3n) is 10.7. The normalized spacial score (nSPS) is 29.4. The monoisotopic (exact) mass is 804 g/mol. The lowest BCUT2D eigenvalue weighted by Gasteiger charge is -2.51. The second-order valence-electron chi connectivity index (χ2n) is 14.9. The standard InChI is InChI=1S/C48H52O11/c1-50-47-40(49)43(42-39(56-47)32-55-46(58-42)37-25-15-6-16-26-37)59-48-45(54-30-36-23-13-5-14-24-36)44(53-29-35-21-11-4-12-22-35)41(52-28-34-19-9-3-10-20-34)38(57-48)31-51-27-33-17-7-2-8-18-33/h2-26,38-49H,27-32H2,1H3/t38-,39-,40-,41-,42-,43-,44+,45+,46?,47-,48-/m1/s1. The molecule has 59 heavy (non-hydrogen) atoms. The summed E-state index contributed by atoms with van der Waals surface area (Å²) in [6.07, 6.45) is -9.43. The maximum Gasteiger partial charge on any atom is 0.187 e. The Morgan fingerprint density at radius 2 is 1.02 bits per heavy atom. The van der Waals surface area contributed by atoms with E-state index in [-0.39, 0.29) is 26.4 Å². The highest BCUT2D eigenvalue weighted by atomic mass is 16.8. The van der Waals surface area contributed by atoms with Crippen LogP contribution in [0.3, 0.4) is 0 Å². The fraction of sp³-hybridized carbons (Fsp3) is 0.375. The Morgan fingerprint density at radius 1 is 0.525 bits per heavy atom. The number of hydrogen-bond acceptors (Lipinski definition) is 11. The third-order valence-corrected chi connectivity index (χ3v) is 10.7. The molecule has 3 fully saturated rings. The molecule has 0 amide bonds. The van der Waals surface area contributed by atoms with Gasteiger partial charge in [0.25, 0.3) is 0 Å². The molecule has 11 heteroatoms. The van der Waals surface area contributed by atoms with Crippen molar-refractivity contribution in [1.29, 1.82) is 0 Å². The predicted molar refractivity (Wildman–Crippen MR) is 216 cm³/mol. The van der Waals surface area contributed by atoms with Crippen LogP contribution in [0.2, 0.25) is 0 Å². The lowest BCUT2D eigenvalue weighted by atomic mass is 9.95. The Hall–Kier alpha value is -4.34. The van der Waals surface area contributed by atoms with Gasteiger partial charge >= 0.3 is 0 Å². The molecule has 5 aromatic rings. The van der Waals surface area contributed by atoms with E-state index in [0.717, 1.165) is 27.8 Å². The molecular weight excluding hydrogens is 753 g/mol. The van der Waals surface area contributed by atoms with Crippen LogP contribution >= 0.6 is 0 Å². The van der Waals surface area contributed by atoms with Crippen LogP contribution in [0.5, 0.6) is 0 Å². The Kier molecular flexibility index (Phi) is 14.6. The van der Waals surface area contributed by atoms with Gasteiger partial charge in [0, 0.05) is 12.7 Å². The van der Waals surface area contributed by atoms with Crippen LogP contribution in [-0.2, 0) is 73.8 Å². The second-order valence-corrected chi connectivity index (χ2v) is 14.9. The summed E-state index contributed by atoms with van der Waals surface area (Å²) >= 11 is 0. The van der Waals surface area contributed by atoms with Gasteiger partial charge in [-0.15, -0.1) is 0 Å². The van der Waals surface area contributed by atoms with E-state index >= 15 is 0 Å². The van der Waals surface area contributed by atoms with E-state index < -0.39 is 67.7 Å². The van der Waals surface area contributed by atoms with Crippen molar-refractivity contribution in [2.24, 2.45) is 0 Å². The first-order valence-electron chi connectivity index (χ1n) is 20.2. The maximum atomic E-state index is 11.9. The van der Waals surface area contributed by atoms with E-state index in [1.54, 1.807) is 0 Å². The number of fused-ring (bicyclic) bond motifs is 1. The fourth-order valence-corrected chi connectivity index (χ4v) is 7.70. The van der Waals surface area contributed by atoms with Gasteiger partial charge in [-0.1, -0.05) is 152 Å². The number of benzene rings is 5. The molecule has 3 aliphatic heterocycles. The Balaban J connectivity index is 1.14. The average molecular weight is 805 g/mol. The van der Waals surface area contributed by atoms with Gasteiger partial charge in [0.2, 0.25) is 0 Å². The molecule has 0 radical (unpaired) electrons. The van der Waals surface area contributed by atoms with Crippen LogP contribution in [0.25, 0.3) is 0 Å². The number of aliphatic hydroxyl groups excluding tert-OH is 1. The Labute approximate surface area is 345 Å². The number of rotatable bonds is 17. The van der Waals surface area contributed by atoms with Gasteiger partial charge in [0.05, 0.1) is 39.6 Å². The second kappa shape index (κ2) is 20.8. The van der Waals surface area contributed by atoms with Gasteiger partial charge in [0.15, 0.2) is 18.9 Å². The van der Waals surface area contributed by atoms with E-state index in [2.05, 4.69) is 0 Å². The molecule has 3 aliphatic rings. The first-order chi connectivity index (χ1) is 29.1. The van der Waals surface area contributed by atoms with Gasteiger partial charge in [-0.3, -0.25) is 0 Å². The predicted octanol–water partition coefficient (Wildman–Crippen LogP) is 6.92. The molecule has 1 unspecified atom stereocenters. The van der Waals surface area contributed by atoms with Crippen LogP contribution in [0.4, 0.5) is 0 Å². The van der Waals surface area contributed by atoms with Crippen molar-refractivity contribution in [2.75, 3.05) is 20.3 Å². The van der Waals surface area contributed by atoms with Crippen molar-refractivity contribution in [3.63, 3.8) is 0 Å². The van der Waals surface area contributed by atoms with Gasteiger partial charge in [-0.25, -0.2) is 0 Å². The summed E-state index contributed by atoms with van der Waals surface area (Å²) in [6, 6.07) is 49.4. The molecule has 0 saturated carbocycles. The van der Waals surface area contributed by atoms with Crippen molar-refractivity contribution in [2.45, 2.75) is 94.1 Å². The molecular formula is C48H52O11. The summed E-state index contributed by atoms with van der Waals surface area (Å²) in [5, 5.41) is 11.9.